The molecule has 1 rings (SSSR count). The lowest BCUT2D eigenvalue weighted by molar-refractivity contribution is -0.130. The van der Waals surface area contributed by atoms with Crippen LogP contribution < -0.4 is 0 Å². The molecular formula is C9H18N2O. The number of amides is 1. The van der Waals surface area contributed by atoms with E-state index in [1.807, 2.05) is 14.1 Å². The van der Waals surface area contributed by atoms with Gasteiger partial charge in [0.25, 0.3) is 0 Å². The number of likely N-dealkylation sites (N-methyl/N-ethyl adjacent to an activating group) is 1. The molecular weight excluding hydrogens is 152 g/mol. The van der Waals surface area contributed by atoms with Gasteiger partial charge in [-0.05, 0) is 26.3 Å². The molecule has 0 N–H and O–H groups in total. The van der Waals surface area contributed by atoms with E-state index in [9.17, 15) is 4.79 Å². The van der Waals surface area contributed by atoms with Crippen molar-refractivity contribution in [3.8, 4) is 0 Å². The Bertz CT molecular complexity index is 168. The van der Waals surface area contributed by atoms with E-state index in [0.29, 0.717) is 12.6 Å². The lowest BCUT2D eigenvalue weighted by Crippen LogP contribution is -2.38. The number of carbonyl (C=O) groups excluding carboxylic acids is 1. The zero-order chi connectivity index (χ0) is 9.14. The van der Waals surface area contributed by atoms with Crippen molar-refractivity contribution in [1.82, 2.24) is 9.80 Å². The fourth-order valence-electron chi connectivity index (χ4n) is 1.54. The van der Waals surface area contributed by atoms with E-state index in [2.05, 4.69) is 11.8 Å². The maximum atomic E-state index is 11.3. The molecule has 3 heteroatoms. The molecule has 70 valence electrons. The minimum absolute atomic E-state index is 0.212. The summed E-state index contributed by atoms with van der Waals surface area (Å²) in [4.78, 5) is 15.2. The predicted molar refractivity (Wildman–Crippen MR) is 49.0 cm³/mol. The molecule has 1 amide bonds. The molecule has 1 aliphatic rings. The summed E-state index contributed by atoms with van der Waals surface area (Å²) >= 11 is 0. The highest BCUT2D eigenvalue weighted by Gasteiger charge is 2.22. The molecule has 0 aromatic heterocycles. The maximum Gasteiger partial charge on any atom is 0.236 e. The highest BCUT2D eigenvalue weighted by molar-refractivity contribution is 5.77. The second-order valence-electron chi connectivity index (χ2n) is 3.75. The van der Waals surface area contributed by atoms with E-state index < -0.39 is 0 Å². The standard InChI is InChI=1S/C9H18N2O/c1-8-5-4-6-11(8)7-9(12)10(2)3/h8H,4-7H2,1-3H3. The fourth-order valence-corrected chi connectivity index (χ4v) is 1.54. The third kappa shape index (κ3) is 2.21. The Hall–Kier alpha value is -0.570. The van der Waals surface area contributed by atoms with E-state index in [-0.39, 0.29) is 5.91 Å². The molecule has 1 saturated heterocycles. The minimum Gasteiger partial charge on any atom is -0.348 e. The molecule has 0 radical (unpaired) electrons. The number of rotatable bonds is 2. The van der Waals surface area contributed by atoms with E-state index in [1.54, 1.807) is 4.90 Å². The van der Waals surface area contributed by atoms with Crippen molar-refractivity contribution in [3.63, 3.8) is 0 Å². The molecule has 1 atom stereocenters. The summed E-state index contributed by atoms with van der Waals surface area (Å²) in [5.41, 5.74) is 0. The van der Waals surface area contributed by atoms with Gasteiger partial charge >= 0.3 is 0 Å². The molecule has 1 unspecified atom stereocenters. The Balaban J connectivity index is 2.35. The van der Waals surface area contributed by atoms with Crippen LogP contribution in [-0.4, -0.2) is 48.9 Å². The predicted octanol–water partition coefficient (Wildman–Crippen LogP) is 0.559. The van der Waals surface area contributed by atoms with E-state index in [1.165, 1.54) is 12.8 Å². The van der Waals surface area contributed by atoms with Gasteiger partial charge < -0.3 is 4.90 Å². The maximum absolute atomic E-state index is 11.3. The smallest absolute Gasteiger partial charge is 0.236 e. The van der Waals surface area contributed by atoms with Gasteiger partial charge in [-0.3, -0.25) is 9.69 Å². The van der Waals surface area contributed by atoms with Crippen LogP contribution >= 0.6 is 0 Å². The molecule has 1 aliphatic heterocycles. The summed E-state index contributed by atoms with van der Waals surface area (Å²) in [6, 6.07) is 0.592. The molecule has 0 aliphatic carbocycles. The Kier molecular flexibility index (Phi) is 3.09. The number of hydrogen-bond donors (Lipinski definition) is 0. The third-order valence-corrected chi connectivity index (χ3v) is 2.53. The van der Waals surface area contributed by atoms with Gasteiger partial charge in [0.1, 0.15) is 0 Å². The highest BCUT2D eigenvalue weighted by Crippen LogP contribution is 2.15. The lowest BCUT2D eigenvalue weighted by Gasteiger charge is -2.22. The average molecular weight is 170 g/mol. The van der Waals surface area contributed by atoms with Gasteiger partial charge in [0.2, 0.25) is 5.91 Å². The van der Waals surface area contributed by atoms with Gasteiger partial charge in [-0.1, -0.05) is 0 Å². The van der Waals surface area contributed by atoms with Crippen LogP contribution in [0.4, 0.5) is 0 Å². The van der Waals surface area contributed by atoms with Crippen LogP contribution in [0.3, 0.4) is 0 Å². The topological polar surface area (TPSA) is 23.6 Å². The van der Waals surface area contributed by atoms with Crippen molar-refractivity contribution < 1.29 is 4.79 Å². The van der Waals surface area contributed by atoms with Crippen molar-refractivity contribution in [1.29, 1.82) is 0 Å². The molecule has 3 nitrogen and oxygen atoms in total. The first kappa shape index (κ1) is 9.52. The average Bonchev–Trinajstić information content (AvgIpc) is 2.36. The van der Waals surface area contributed by atoms with Crippen molar-refractivity contribution in [2.45, 2.75) is 25.8 Å². The number of likely N-dealkylation sites (tertiary alicyclic amines) is 1. The molecule has 0 bridgehead atoms. The highest BCUT2D eigenvalue weighted by atomic mass is 16.2. The van der Waals surface area contributed by atoms with E-state index in [4.69, 9.17) is 0 Å². The number of nitrogens with zero attached hydrogens (tertiary/aromatic N) is 2. The van der Waals surface area contributed by atoms with Gasteiger partial charge in [-0.25, -0.2) is 0 Å². The van der Waals surface area contributed by atoms with Crippen molar-refractivity contribution in [2.75, 3.05) is 27.2 Å². The first-order chi connectivity index (χ1) is 5.61. The summed E-state index contributed by atoms with van der Waals surface area (Å²) < 4.78 is 0. The van der Waals surface area contributed by atoms with Crippen molar-refractivity contribution >= 4 is 5.91 Å². The van der Waals surface area contributed by atoms with Gasteiger partial charge in [-0.15, -0.1) is 0 Å². The quantitative estimate of drug-likeness (QED) is 0.604. The molecule has 1 fully saturated rings. The second kappa shape index (κ2) is 3.90. The van der Waals surface area contributed by atoms with E-state index in [0.717, 1.165) is 6.54 Å². The largest absolute Gasteiger partial charge is 0.348 e. The SMILES string of the molecule is CC1CCCN1CC(=O)N(C)C. The van der Waals surface area contributed by atoms with Crippen LogP contribution in [0.15, 0.2) is 0 Å². The monoisotopic (exact) mass is 170 g/mol. The summed E-state index contributed by atoms with van der Waals surface area (Å²) in [5, 5.41) is 0. The normalized spacial score (nSPS) is 24.4. The fraction of sp³-hybridized carbons (Fsp3) is 0.889. The molecule has 0 aromatic carbocycles. The Morgan fingerprint density at radius 1 is 1.58 bits per heavy atom. The van der Waals surface area contributed by atoms with Gasteiger partial charge in [0.05, 0.1) is 6.54 Å². The molecule has 0 spiro atoms. The van der Waals surface area contributed by atoms with Crippen LogP contribution in [-0.2, 0) is 4.79 Å². The van der Waals surface area contributed by atoms with Crippen LogP contribution in [0.25, 0.3) is 0 Å². The lowest BCUT2D eigenvalue weighted by atomic mass is 10.2. The Morgan fingerprint density at radius 2 is 2.25 bits per heavy atom. The summed E-state index contributed by atoms with van der Waals surface area (Å²) in [5.74, 6) is 0.212. The van der Waals surface area contributed by atoms with E-state index >= 15 is 0 Å². The second-order valence-corrected chi connectivity index (χ2v) is 3.75. The third-order valence-electron chi connectivity index (χ3n) is 2.53. The minimum atomic E-state index is 0.212. The zero-order valence-electron chi connectivity index (χ0n) is 8.21. The summed E-state index contributed by atoms with van der Waals surface area (Å²) in [7, 11) is 3.62. The van der Waals surface area contributed by atoms with Crippen LogP contribution in [0.5, 0.6) is 0 Å². The number of carbonyl (C=O) groups is 1. The van der Waals surface area contributed by atoms with Crippen LogP contribution in [0.1, 0.15) is 19.8 Å². The Labute approximate surface area is 74.3 Å². The Morgan fingerprint density at radius 3 is 2.67 bits per heavy atom. The molecule has 0 aromatic rings. The first-order valence-corrected chi connectivity index (χ1v) is 4.55. The zero-order valence-corrected chi connectivity index (χ0v) is 8.21. The molecule has 12 heavy (non-hydrogen) atoms. The van der Waals surface area contributed by atoms with Gasteiger partial charge in [0, 0.05) is 20.1 Å². The molecule has 1 heterocycles. The van der Waals surface area contributed by atoms with Crippen molar-refractivity contribution in [3.05, 3.63) is 0 Å². The van der Waals surface area contributed by atoms with Gasteiger partial charge in [0.15, 0.2) is 0 Å². The van der Waals surface area contributed by atoms with Crippen LogP contribution in [0.2, 0.25) is 0 Å². The van der Waals surface area contributed by atoms with Crippen LogP contribution in [0, 0.1) is 0 Å². The molecule has 0 saturated carbocycles. The summed E-state index contributed by atoms with van der Waals surface area (Å²) in [6.07, 6.45) is 2.47. The summed E-state index contributed by atoms with van der Waals surface area (Å²) in [6.45, 7) is 3.87. The first-order valence-electron chi connectivity index (χ1n) is 4.55. The van der Waals surface area contributed by atoms with Crippen molar-refractivity contribution in [2.24, 2.45) is 0 Å². The van der Waals surface area contributed by atoms with Gasteiger partial charge in [-0.2, -0.15) is 0 Å². The number of hydrogen-bond acceptors (Lipinski definition) is 2.